The number of nitrogens with one attached hydrogen (secondary N) is 1. The summed E-state index contributed by atoms with van der Waals surface area (Å²) >= 11 is 0. The van der Waals surface area contributed by atoms with Crippen molar-refractivity contribution in [2.45, 2.75) is 46.6 Å². The van der Waals surface area contributed by atoms with Gasteiger partial charge in [-0.15, -0.1) is 0 Å². The molecule has 0 aliphatic rings. The monoisotopic (exact) mass is 356 g/mol. The van der Waals surface area contributed by atoms with Crippen molar-refractivity contribution in [2.75, 3.05) is 19.6 Å². The van der Waals surface area contributed by atoms with E-state index in [1.165, 1.54) is 5.56 Å². The maximum Gasteiger partial charge on any atom is 0.224 e. The molecule has 0 saturated carbocycles. The number of aryl methyl sites for hydroxylation is 2. The normalized spacial score (nSPS) is 12.4. The maximum absolute atomic E-state index is 12.5. The molecule has 1 aromatic heterocycles. The lowest BCUT2D eigenvalue weighted by atomic mass is 10.0. The van der Waals surface area contributed by atoms with E-state index in [0.29, 0.717) is 19.0 Å². The first-order valence-electron chi connectivity index (χ1n) is 9.49. The largest absolute Gasteiger partial charge is 0.354 e. The molecule has 1 atom stereocenters. The molecule has 2 aromatic rings. The third-order valence-corrected chi connectivity index (χ3v) is 5.17. The summed E-state index contributed by atoms with van der Waals surface area (Å²) < 4.78 is 1.84. The Kier molecular flexibility index (Phi) is 7.39. The Morgan fingerprint density at radius 2 is 1.85 bits per heavy atom. The number of benzene rings is 1. The number of hydrogen-bond donors (Lipinski definition) is 1. The third-order valence-electron chi connectivity index (χ3n) is 5.17. The van der Waals surface area contributed by atoms with Crippen molar-refractivity contribution in [3.8, 4) is 0 Å². The highest BCUT2D eigenvalue weighted by Crippen LogP contribution is 2.13. The predicted octanol–water partition coefficient (Wildman–Crippen LogP) is 2.65. The van der Waals surface area contributed by atoms with E-state index in [0.717, 1.165) is 36.5 Å². The third kappa shape index (κ3) is 5.18. The number of rotatable bonds is 9. The molecular weight excluding hydrogens is 324 g/mol. The van der Waals surface area contributed by atoms with Gasteiger partial charge < -0.3 is 5.32 Å². The van der Waals surface area contributed by atoms with Crippen molar-refractivity contribution in [3.63, 3.8) is 0 Å². The zero-order valence-electron chi connectivity index (χ0n) is 16.7. The van der Waals surface area contributed by atoms with Crippen molar-refractivity contribution >= 4 is 5.91 Å². The first-order valence-corrected chi connectivity index (χ1v) is 9.49. The Bertz CT molecular complexity index is 704. The van der Waals surface area contributed by atoms with E-state index < -0.39 is 0 Å². The molecule has 2 rings (SSSR count). The molecule has 0 radical (unpaired) electrons. The molecule has 0 aliphatic heterocycles. The number of amides is 1. The highest BCUT2D eigenvalue weighted by atomic mass is 16.1. The second-order valence-corrected chi connectivity index (χ2v) is 6.82. The van der Waals surface area contributed by atoms with Crippen LogP contribution in [0.3, 0.4) is 0 Å². The fraction of sp³-hybridized carbons (Fsp3) is 0.524. The van der Waals surface area contributed by atoms with Gasteiger partial charge in [-0.05, 0) is 38.9 Å². The molecule has 1 heterocycles. The van der Waals surface area contributed by atoms with E-state index in [-0.39, 0.29) is 5.91 Å². The maximum atomic E-state index is 12.5. The molecule has 1 aromatic carbocycles. The van der Waals surface area contributed by atoms with Gasteiger partial charge in [-0.1, -0.05) is 44.2 Å². The van der Waals surface area contributed by atoms with Gasteiger partial charge in [0, 0.05) is 30.9 Å². The molecular formula is C21H32N4O. The van der Waals surface area contributed by atoms with Crippen LogP contribution in [0.15, 0.2) is 30.3 Å². The van der Waals surface area contributed by atoms with Crippen LogP contribution in [0.1, 0.15) is 36.4 Å². The Morgan fingerprint density at radius 1 is 1.19 bits per heavy atom. The van der Waals surface area contributed by atoms with Crippen molar-refractivity contribution in [1.29, 1.82) is 0 Å². The smallest absolute Gasteiger partial charge is 0.224 e. The first kappa shape index (κ1) is 20.2. The molecule has 0 saturated heterocycles. The van der Waals surface area contributed by atoms with E-state index in [2.05, 4.69) is 53.4 Å². The molecule has 5 nitrogen and oxygen atoms in total. The Balaban J connectivity index is 2.00. The highest BCUT2D eigenvalue weighted by Gasteiger charge is 2.19. The van der Waals surface area contributed by atoms with Gasteiger partial charge in [0.05, 0.1) is 12.1 Å². The van der Waals surface area contributed by atoms with Gasteiger partial charge >= 0.3 is 0 Å². The summed E-state index contributed by atoms with van der Waals surface area (Å²) in [6.07, 6.45) is 1.33. The molecule has 0 bridgehead atoms. The van der Waals surface area contributed by atoms with E-state index >= 15 is 0 Å². The van der Waals surface area contributed by atoms with Crippen molar-refractivity contribution < 1.29 is 4.79 Å². The summed E-state index contributed by atoms with van der Waals surface area (Å²) in [6.45, 7) is 10.9. The highest BCUT2D eigenvalue weighted by molar-refractivity contribution is 5.79. The standard InChI is InChI=1S/C21H32N4O/c1-6-25(7-2)19(13-18-11-9-8-10-12-18)15-22-21(26)14-20-16(3)23-24(5)17(20)4/h8-12,19H,6-7,13-15H2,1-5H3,(H,22,26). The van der Waals surface area contributed by atoms with Gasteiger partial charge in [0.2, 0.25) is 5.91 Å². The van der Waals surface area contributed by atoms with Gasteiger partial charge in [-0.25, -0.2) is 0 Å². The van der Waals surface area contributed by atoms with E-state index in [1.54, 1.807) is 0 Å². The second kappa shape index (κ2) is 9.53. The van der Waals surface area contributed by atoms with Crippen molar-refractivity contribution in [1.82, 2.24) is 20.0 Å². The minimum atomic E-state index is 0.0643. The summed E-state index contributed by atoms with van der Waals surface area (Å²) in [7, 11) is 1.92. The molecule has 1 unspecified atom stereocenters. The average Bonchev–Trinajstić information content (AvgIpc) is 2.87. The van der Waals surface area contributed by atoms with Gasteiger partial charge in [0.15, 0.2) is 0 Å². The minimum absolute atomic E-state index is 0.0643. The molecule has 0 fully saturated rings. The lowest BCUT2D eigenvalue weighted by Gasteiger charge is -2.30. The van der Waals surface area contributed by atoms with Crippen LogP contribution in [0, 0.1) is 13.8 Å². The van der Waals surface area contributed by atoms with Crippen LogP contribution in [-0.4, -0.2) is 46.3 Å². The number of aromatic nitrogens is 2. The molecule has 142 valence electrons. The SMILES string of the molecule is CCN(CC)C(CNC(=O)Cc1c(C)nn(C)c1C)Cc1ccccc1. The van der Waals surface area contributed by atoms with Crippen LogP contribution in [0.25, 0.3) is 0 Å². The molecule has 0 spiro atoms. The molecule has 1 N–H and O–H groups in total. The van der Waals surface area contributed by atoms with Gasteiger partial charge in [0.25, 0.3) is 0 Å². The molecule has 5 heteroatoms. The summed E-state index contributed by atoms with van der Waals surface area (Å²) in [5.41, 5.74) is 4.33. The first-order chi connectivity index (χ1) is 12.5. The summed E-state index contributed by atoms with van der Waals surface area (Å²) in [5.74, 6) is 0.0643. The lowest BCUT2D eigenvalue weighted by molar-refractivity contribution is -0.120. The number of likely N-dealkylation sites (N-methyl/N-ethyl adjacent to an activating group) is 1. The fourth-order valence-electron chi connectivity index (χ4n) is 3.48. The summed E-state index contributed by atoms with van der Waals surface area (Å²) in [5, 5.41) is 7.54. The quantitative estimate of drug-likeness (QED) is 0.751. The fourth-order valence-corrected chi connectivity index (χ4v) is 3.48. The molecule has 1 amide bonds. The van der Waals surface area contributed by atoms with E-state index in [9.17, 15) is 4.79 Å². The van der Waals surface area contributed by atoms with E-state index in [4.69, 9.17) is 0 Å². The van der Waals surface area contributed by atoms with Crippen molar-refractivity contribution in [3.05, 3.63) is 52.8 Å². The number of carbonyl (C=O) groups is 1. The van der Waals surface area contributed by atoms with Gasteiger partial charge in [-0.3, -0.25) is 14.4 Å². The number of carbonyl (C=O) groups excluding carboxylic acids is 1. The van der Waals surface area contributed by atoms with Gasteiger partial charge in [0.1, 0.15) is 0 Å². The summed E-state index contributed by atoms with van der Waals surface area (Å²) in [4.78, 5) is 14.9. The molecule has 0 aliphatic carbocycles. The van der Waals surface area contributed by atoms with Crippen LogP contribution in [-0.2, 0) is 24.7 Å². The Labute approximate surface area is 157 Å². The van der Waals surface area contributed by atoms with Crippen LogP contribution in [0.2, 0.25) is 0 Å². The van der Waals surface area contributed by atoms with Gasteiger partial charge in [-0.2, -0.15) is 5.10 Å². The number of hydrogen-bond acceptors (Lipinski definition) is 3. The Morgan fingerprint density at radius 3 is 2.38 bits per heavy atom. The predicted molar refractivity (Wildman–Crippen MR) is 106 cm³/mol. The van der Waals surface area contributed by atoms with Crippen molar-refractivity contribution in [2.24, 2.45) is 7.05 Å². The van der Waals surface area contributed by atoms with Crippen LogP contribution < -0.4 is 5.32 Å². The average molecular weight is 357 g/mol. The Hall–Kier alpha value is -2.14. The number of nitrogens with zero attached hydrogens (tertiary/aromatic N) is 3. The van der Waals surface area contributed by atoms with Crippen LogP contribution in [0.4, 0.5) is 0 Å². The zero-order chi connectivity index (χ0) is 19.1. The zero-order valence-corrected chi connectivity index (χ0v) is 16.7. The lowest BCUT2D eigenvalue weighted by Crippen LogP contribution is -2.45. The van der Waals surface area contributed by atoms with Crippen LogP contribution >= 0.6 is 0 Å². The summed E-state index contributed by atoms with van der Waals surface area (Å²) in [6, 6.07) is 10.8. The van der Waals surface area contributed by atoms with E-state index in [1.807, 2.05) is 31.6 Å². The molecule has 26 heavy (non-hydrogen) atoms. The van der Waals surface area contributed by atoms with Crippen LogP contribution in [0.5, 0.6) is 0 Å². The topological polar surface area (TPSA) is 50.2 Å². The minimum Gasteiger partial charge on any atom is -0.354 e. The second-order valence-electron chi connectivity index (χ2n) is 6.82.